The minimum absolute atomic E-state index is 0.0608. The number of hydrogen-bond donors (Lipinski definition) is 4. The molecule has 1 aliphatic heterocycles. The first-order valence-corrected chi connectivity index (χ1v) is 12.3. The molecule has 2 aromatic carbocycles. The Kier molecular flexibility index (Phi) is 6.38. The number of benzene rings is 2. The zero-order valence-corrected chi connectivity index (χ0v) is 20.7. The number of phenolic OH excluding ortho intramolecular Hbond substituents is 2. The fourth-order valence-corrected chi connectivity index (χ4v) is 5.68. The van der Waals surface area contributed by atoms with Gasteiger partial charge in [-0.2, -0.15) is 0 Å². The molecule has 1 saturated heterocycles. The normalized spacial score (nSPS) is 27.2. The lowest BCUT2D eigenvalue weighted by Gasteiger charge is -2.42. The molecule has 0 radical (unpaired) electrons. The predicted molar refractivity (Wildman–Crippen MR) is 131 cm³/mol. The van der Waals surface area contributed by atoms with E-state index in [1.54, 1.807) is 25.1 Å². The summed E-state index contributed by atoms with van der Waals surface area (Å²) in [6, 6.07) is 5.80. The van der Waals surface area contributed by atoms with Gasteiger partial charge in [0.25, 0.3) is 0 Å². The summed E-state index contributed by atoms with van der Waals surface area (Å²) in [5, 5.41) is 38.0. The molecule has 0 aromatic heterocycles. The van der Waals surface area contributed by atoms with Crippen LogP contribution in [-0.2, 0) is 15.9 Å². The summed E-state index contributed by atoms with van der Waals surface area (Å²) in [6.07, 6.45) is -0.211. The van der Waals surface area contributed by atoms with E-state index in [1.807, 2.05) is 14.1 Å². The van der Waals surface area contributed by atoms with E-state index < -0.39 is 35.6 Å². The van der Waals surface area contributed by atoms with Crippen LogP contribution in [0.4, 0.5) is 0 Å². The van der Waals surface area contributed by atoms with Gasteiger partial charge < -0.3 is 35.0 Å². The van der Waals surface area contributed by atoms with Crippen LogP contribution in [0.2, 0.25) is 0 Å². The number of carbonyl (C=O) groups excluding carboxylic acids is 2. The molecule has 0 amide bonds. The Morgan fingerprint density at radius 1 is 1.08 bits per heavy atom. The van der Waals surface area contributed by atoms with Gasteiger partial charge in [0, 0.05) is 34.7 Å². The minimum Gasteiger partial charge on any atom is -0.507 e. The minimum atomic E-state index is -1.42. The van der Waals surface area contributed by atoms with Crippen LogP contribution in [0.25, 0.3) is 0 Å². The first-order chi connectivity index (χ1) is 17.1. The van der Waals surface area contributed by atoms with Gasteiger partial charge >= 0.3 is 0 Å². The van der Waals surface area contributed by atoms with E-state index in [1.165, 1.54) is 6.07 Å². The van der Waals surface area contributed by atoms with Crippen LogP contribution < -0.4 is 5.32 Å². The van der Waals surface area contributed by atoms with Crippen LogP contribution in [0.1, 0.15) is 68.8 Å². The molecule has 4 unspecified atom stereocenters. The smallest absolute Gasteiger partial charge is 0.198 e. The Morgan fingerprint density at radius 2 is 1.72 bits per heavy atom. The van der Waals surface area contributed by atoms with Gasteiger partial charge in [-0.05, 0) is 47.0 Å². The van der Waals surface area contributed by atoms with Crippen LogP contribution in [0.5, 0.6) is 11.5 Å². The molecule has 36 heavy (non-hydrogen) atoms. The van der Waals surface area contributed by atoms with E-state index in [0.29, 0.717) is 12.1 Å². The van der Waals surface area contributed by atoms with Crippen LogP contribution in [0, 0.1) is 0 Å². The third kappa shape index (κ3) is 4.01. The number of ketones is 2. The SMILES string of the molecule is CC1OCC(C2(O)Cc3c(O)c4c(c(O)c3C(NCCCN(C)C)C2)C(=O)c2ccccc2C4=O)O1. The van der Waals surface area contributed by atoms with Crippen molar-refractivity contribution in [2.75, 3.05) is 33.8 Å². The molecule has 0 saturated carbocycles. The molecule has 0 spiro atoms. The van der Waals surface area contributed by atoms with Crippen molar-refractivity contribution in [2.45, 2.75) is 50.2 Å². The number of hydrogen-bond acceptors (Lipinski definition) is 9. The second-order valence-corrected chi connectivity index (χ2v) is 10.2. The van der Waals surface area contributed by atoms with Gasteiger partial charge in [0.15, 0.2) is 17.9 Å². The lowest BCUT2D eigenvalue weighted by molar-refractivity contribution is -0.121. The number of aromatic hydroxyl groups is 2. The Bertz CT molecular complexity index is 1230. The van der Waals surface area contributed by atoms with Crippen molar-refractivity contribution in [3.8, 4) is 11.5 Å². The Morgan fingerprint density at radius 3 is 2.31 bits per heavy atom. The molecular weight excluding hydrogens is 464 g/mol. The highest BCUT2D eigenvalue weighted by atomic mass is 16.7. The maximum absolute atomic E-state index is 13.4. The van der Waals surface area contributed by atoms with Gasteiger partial charge in [0.1, 0.15) is 17.6 Å². The van der Waals surface area contributed by atoms with E-state index in [9.17, 15) is 24.9 Å². The number of aliphatic hydroxyl groups is 1. The molecule has 3 aliphatic rings. The lowest BCUT2D eigenvalue weighted by Crippen LogP contribution is -2.51. The van der Waals surface area contributed by atoms with Crippen molar-refractivity contribution in [3.63, 3.8) is 0 Å². The number of rotatable bonds is 6. The molecule has 0 bridgehead atoms. The standard InChI is InChI=1S/C27H32N2O7/c1-14-35-13-19(36-14)27(34)11-17-20(18(12-27)28-9-6-10-29(2)3)26(33)22-21(25(17)32)23(30)15-7-4-5-8-16(15)24(22)31/h4-5,7-8,14,18-19,28,32-34H,6,9-13H2,1-3H3. The van der Waals surface area contributed by atoms with Crippen LogP contribution >= 0.6 is 0 Å². The van der Waals surface area contributed by atoms with Gasteiger partial charge in [-0.1, -0.05) is 24.3 Å². The highest BCUT2D eigenvalue weighted by Gasteiger charge is 2.50. The number of phenols is 2. The predicted octanol–water partition coefficient (Wildman–Crippen LogP) is 1.89. The third-order valence-corrected chi connectivity index (χ3v) is 7.46. The number of nitrogens with one attached hydrogen (secondary N) is 1. The van der Waals surface area contributed by atoms with Crippen LogP contribution in [-0.4, -0.2) is 83.6 Å². The van der Waals surface area contributed by atoms with E-state index in [4.69, 9.17) is 9.47 Å². The van der Waals surface area contributed by atoms with Gasteiger partial charge in [-0.15, -0.1) is 0 Å². The van der Waals surface area contributed by atoms with Crippen molar-refractivity contribution in [2.24, 2.45) is 0 Å². The number of carbonyl (C=O) groups is 2. The quantitative estimate of drug-likeness (QED) is 0.299. The van der Waals surface area contributed by atoms with E-state index >= 15 is 0 Å². The summed E-state index contributed by atoms with van der Waals surface area (Å²) < 4.78 is 11.3. The second kappa shape index (κ2) is 9.24. The van der Waals surface area contributed by atoms with Gasteiger partial charge in [-0.25, -0.2) is 0 Å². The molecule has 2 aromatic rings. The molecule has 1 heterocycles. The highest BCUT2D eigenvalue weighted by Crippen LogP contribution is 2.51. The maximum Gasteiger partial charge on any atom is 0.198 e. The second-order valence-electron chi connectivity index (χ2n) is 10.2. The Labute approximate surface area is 209 Å². The van der Waals surface area contributed by atoms with Crippen molar-refractivity contribution in [1.82, 2.24) is 10.2 Å². The summed E-state index contributed by atoms with van der Waals surface area (Å²) in [4.78, 5) is 28.8. The Balaban J connectivity index is 1.62. The van der Waals surface area contributed by atoms with Gasteiger partial charge in [0.05, 0.1) is 23.3 Å². The molecule has 192 valence electrons. The summed E-state index contributed by atoms with van der Waals surface area (Å²) in [6.45, 7) is 3.34. The maximum atomic E-state index is 13.4. The van der Waals surface area contributed by atoms with Gasteiger partial charge in [0.2, 0.25) is 0 Å². The van der Waals surface area contributed by atoms with Crippen molar-refractivity contribution in [1.29, 1.82) is 0 Å². The number of nitrogens with zero attached hydrogens (tertiary/aromatic N) is 1. The summed E-state index contributed by atoms with van der Waals surface area (Å²) in [7, 11) is 3.95. The summed E-state index contributed by atoms with van der Waals surface area (Å²) in [5.74, 6) is -1.75. The summed E-state index contributed by atoms with van der Waals surface area (Å²) in [5.41, 5.74) is -0.873. The zero-order chi connectivity index (χ0) is 25.8. The van der Waals surface area contributed by atoms with Crippen molar-refractivity contribution < 1.29 is 34.4 Å². The number of ether oxygens (including phenoxy) is 2. The molecule has 5 rings (SSSR count). The Hall–Kier alpha value is -2.82. The van der Waals surface area contributed by atoms with Crippen molar-refractivity contribution in [3.05, 3.63) is 57.6 Å². The van der Waals surface area contributed by atoms with E-state index in [2.05, 4.69) is 10.2 Å². The van der Waals surface area contributed by atoms with Crippen molar-refractivity contribution >= 4 is 11.6 Å². The first-order valence-electron chi connectivity index (χ1n) is 12.3. The fraction of sp³-hybridized carbons (Fsp3) is 0.481. The van der Waals surface area contributed by atoms with E-state index in [-0.39, 0.29) is 58.8 Å². The highest BCUT2D eigenvalue weighted by molar-refractivity contribution is 6.30. The van der Waals surface area contributed by atoms with E-state index in [0.717, 1.165) is 13.0 Å². The molecule has 4 atom stereocenters. The fourth-order valence-electron chi connectivity index (χ4n) is 5.68. The summed E-state index contributed by atoms with van der Waals surface area (Å²) >= 11 is 0. The molecule has 9 heteroatoms. The molecular formula is C27H32N2O7. The monoisotopic (exact) mass is 496 g/mol. The zero-order valence-electron chi connectivity index (χ0n) is 20.7. The topological polar surface area (TPSA) is 129 Å². The van der Waals surface area contributed by atoms with Crippen LogP contribution in [0.15, 0.2) is 24.3 Å². The average Bonchev–Trinajstić information content (AvgIpc) is 3.29. The molecule has 4 N–H and O–H groups in total. The average molecular weight is 497 g/mol. The van der Waals surface area contributed by atoms with Gasteiger partial charge in [-0.3, -0.25) is 9.59 Å². The number of fused-ring (bicyclic) bond motifs is 3. The first kappa shape index (κ1) is 24.9. The molecule has 2 aliphatic carbocycles. The molecule has 9 nitrogen and oxygen atoms in total. The molecule has 1 fully saturated rings. The largest absolute Gasteiger partial charge is 0.507 e. The third-order valence-electron chi connectivity index (χ3n) is 7.46. The van der Waals surface area contributed by atoms with Crippen LogP contribution in [0.3, 0.4) is 0 Å². The lowest BCUT2D eigenvalue weighted by atomic mass is 9.70.